The van der Waals surface area contributed by atoms with Crippen LogP contribution in [0.2, 0.25) is 0 Å². The van der Waals surface area contributed by atoms with Gasteiger partial charge in [0.2, 0.25) is 0 Å². The zero-order valence-corrected chi connectivity index (χ0v) is 14.8. The Balaban J connectivity index is 1.76. The highest BCUT2D eigenvalue weighted by Gasteiger charge is 2.10. The Morgan fingerprint density at radius 1 is 1.00 bits per heavy atom. The Morgan fingerprint density at radius 2 is 1.71 bits per heavy atom. The fourth-order valence-corrected chi connectivity index (χ4v) is 2.40. The highest BCUT2D eigenvalue weighted by atomic mass is 16.5. The van der Waals surface area contributed by atoms with Crippen LogP contribution in [0.1, 0.15) is 23.6 Å². The molecule has 4 heteroatoms. The smallest absolute Gasteiger partial charge is 0.258 e. The number of carbonyl (C=O) groups is 1. The second-order valence-electron chi connectivity index (χ2n) is 6.10. The minimum atomic E-state index is -0.157. The van der Waals surface area contributed by atoms with Crippen LogP contribution in [-0.4, -0.2) is 25.2 Å². The SMILES string of the molecule is Cc1ccc(OCC(=O)NC(C)COc2ccccc2C)c(C)c1. The van der Waals surface area contributed by atoms with Gasteiger partial charge in [0.15, 0.2) is 6.61 Å². The van der Waals surface area contributed by atoms with Gasteiger partial charge in [0.05, 0.1) is 6.04 Å². The van der Waals surface area contributed by atoms with E-state index in [0.29, 0.717) is 6.61 Å². The van der Waals surface area contributed by atoms with Crippen molar-refractivity contribution in [2.24, 2.45) is 0 Å². The molecule has 0 radical (unpaired) electrons. The van der Waals surface area contributed by atoms with Gasteiger partial charge in [0.25, 0.3) is 5.91 Å². The Bertz CT molecular complexity index is 697. The van der Waals surface area contributed by atoms with Crippen LogP contribution >= 0.6 is 0 Å². The maximum absolute atomic E-state index is 12.0. The van der Waals surface area contributed by atoms with E-state index in [-0.39, 0.29) is 18.6 Å². The number of nitrogens with one attached hydrogen (secondary N) is 1. The minimum Gasteiger partial charge on any atom is -0.491 e. The molecule has 2 aromatic rings. The summed E-state index contributed by atoms with van der Waals surface area (Å²) < 4.78 is 11.3. The first-order valence-electron chi connectivity index (χ1n) is 8.13. The molecule has 24 heavy (non-hydrogen) atoms. The normalized spacial score (nSPS) is 11.7. The van der Waals surface area contributed by atoms with Crippen LogP contribution in [0.25, 0.3) is 0 Å². The van der Waals surface area contributed by atoms with Crippen molar-refractivity contribution in [3.05, 3.63) is 59.2 Å². The van der Waals surface area contributed by atoms with E-state index in [1.165, 1.54) is 5.56 Å². The highest BCUT2D eigenvalue weighted by Crippen LogP contribution is 2.18. The Morgan fingerprint density at radius 3 is 2.42 bits per heavy atom. The molecule has 0 bridgehead atoms. The van der Waals surface area contributed by atoms with Gasteiger partial charge in [-0.15, -0.1) is 0 Å². The van der Waals surface area contributed by atoms with E-state index < -0.39 is 0 Å². The number of benzene rings is 2. The second-order valence-corrected chi connectivity index (χ2v) is 6.10. The fraction of sp³-hybridized carbons (Fsp3) is 0.350. The summed E-state index contributed by atoms with van der Waals surface area (Å²) in [6.07, 6.45) is 0. The van der Waals surface area contributed by atoms with Crippen molar-refractivity contribution in [2.75, 3.05) is 13.2 Å². The maximum Gasteiger partial charge on any atom is 0.258 e. The van der Waals surface area contributed by atoms with Gasteiger partial charge in [-0.05, 0) is 51.0 Å². The molecule has 2 rings (SSSR count). The van der Waals surface area contributed by atoms with Crippen molar-refractivity contribution >= 4 is 5.91 Å². The Kier molecular flexibility index (Phi) is 6.24. The molecule has 0 saturated heterocycles. The fourth-order valence-electron chi connectivity index (χ4n) is 2.40. The molecule has 1 amide bonds. The van der Waals surface area contributed by atoms with Crippen molar-refractivity contribution < 1.29 is 14.3 Å². The molecule has 2 aromatic carbocycles. The maximum atomic E-state index is 12.0. The number of para-hydroxylation sites is 1. The molecule has 1 atom stereocenters. The van der Waals surface area contributed by atoms with Gasteiger partial charge in [-0.3, -0.25) is 4.79 Å². The van der Waals surface area contributed by atoms with Crippen molar-refractivity contribution in [3.8, 4) is 11.5 Å². The van der Waals surface area contributed by atoms with E-state index in [9.17, 15) is 4.79 Å². The van der Waals surface area contributed by atoms with Crippen LogP contribution in [0.4, 0.5) is 0 Å². The molecule has 128 valence electrons. The largest absolute Gasteiger partial charge is 0.491 e. The standard InChI is InChI=1S/C20H25NO3/c1-14-9-10-19(16(3)11-14)24-13-20(22)21-17(4)12-23-18-8-6-5-7-15(18)2/h5-11,17H,12-13H2,1-4H3,(H,21,22). The van der Waals surface area contributed by atoms with Crippen molar-refractivity contribution in [3.63, 3.8) is 0 Å². The third-order valence-electron chi connectivity index (χ3n) is 3.68. The van der Waals surface area contributed by atoms with Gasteiger partial charge in [0.1, 0.15) is 18.1 Å². The van der Waals surface area contributed by atoms with Gasteiger partial charge >= 0.3 is 0 Å². The van der Waals surface area contributed by atoms with Crippen molar-refractivity contribution in [1.82, 2.24) is 5.32 Å². The monoisotopic (exact) mass is 327 g/mol. The van der Waals surface area contributed by atoms with E-state index in [1.807, 2.05) is 70.2 Å². The number of aryl methyl sites for hydroxylation is 3. The van der Waals surface area contributed by atoms with Crippen molar-refractivity contribution in [1.29, 1.82) is 0 Å². The summed E-state index contributed by atoms with van der Waals surface area (Å²) in [5.74, 6) is 1.42. The predicted molar refractivity (Wildman–Crippen MR) is 95.7 cm³/mol. The molecule has 1 unspecified atom stereocenters. The molecule has 0 aromatic heterocycles. The zero-order chi connectivity index (χ0) is 17.5. The molecular weight excluding hydrogens is 302 g/mol. The molecule has 0 aliphatic rings. The molecule has 0 fully saturated rings. The zero-order valence-electron chi connectivity index (χ0n) is 14.8. The molecule has 0 spiro atoms. The lowest BCUT2D eigenvalue weighted by Gasteiger charge is -2.16. The molecule has 0 aliphatic heterocycles. The lowest BCUT2D eigenvalue weighted by Crippen LogP contribution is -2.39. The van der Waals surface area contributed by atoms with E-state index in [4.69, 9.17) is 9.47 Å². The third kappa shape index (κ3) is 5.30. The Labute approximate surface area is 143 Å². The summed E-state index contributed by atoms with van der Waals surface area (Å²) in [6.45, 7) is 8.32. The molecule has 0 saturated carbocycles. The van der Waals surface area contributed by atoms with E-state index in [1.54, 1.807) is 0 Å². The summed E-state index contributed by atoms with van der Waals surface area (Å²) in [4.78, 5) is 12.0. The molecule has 0 aliphatic carbocycles. The van der Waals surface area contributed by atoms with Crippen LogP contribution in [0.15, 0.2) is 42.5 Å². The van der Waals surface area contributed by atoms with Gasteiger partial charge < -0.3 is 14.8 Å². The van der Waals surface area contributed by atoms with Crippen molar-refractivity contribution in [2.45, 2.75) is 33.7 Å². The number of rotatable bonds is 7. The van der Waals surface area contributed by atoms with Crippen LogP contribution in [-0.2, 0) is 4.79 Å². The molecule has 4 nitrogen and oxygen atoms in total. The predicted octanol–water partition coefficient (Wildman–Crippen LogP) is 3.57. The number of ether oxygens (including phenoxy) is 2. The summed E-state index contributed by atoms with van der Waals surface area (Å²) in [5.41, 5.74) is 3.28. The second kappa shape index (κ2) is 8.39. The van der Waals surface area contributed by atoms with Gasteiger partial charge in [0, 0.05) is 0 Å². The first-order chi connectivity index (χ1) is 11.5. The van der Waals surface area contributed by atoms with Gasteiger partial charge in [-0.2, -0.15) is 0 Å². The summed E-state index contributed by atoms with van der Waals surface area (Å²) >= 11 is 0. The summed E-state index contributed by atoms with van der Waals surface area (Å²) in [7, 11) is 0. The number of hydrogen-bond acceptors (Lipinski definition) is 3. The first kappa shape index (κ1) is 17.9. The topological polar surface area (TPSA) is 47.6 Å². The number of carbonyl (C=O) groups excluding carboxylic acids is 1. The van der Waals surface area contributed by atoms with Gasteiger partial charge in [-0.25, -0.2) is 0 Å². The summed E-state index contributed by atoms with van der Waals surface area (Å²) in [6, 6.07) is 13.6. The average Bonchev–Trinajstić information content (AvgIpc) is 2.53. The number of amides is 1. The quantitative estimate of drug-likeness (QED) is 0.845. The van der Waals surface area contributed by atoms with E-state index >= 15 is 0 Å². The summed E-state index contributed by atoms with van der Waals surface area (Å²) in [5, 5.41) is 2.88. The molecule has 1 N–H and O–H groups in total. The van der Waals surface area contributed by atoms with E-state index in [2.05, 4.69) is 5.32 Å². The Hall–Kier alpha value is -2.49. The van der Waals surface area contributed by atoms with Crippen LogP contribution in [0.3, 0.4) is 0 Å². The van der Waals surface area contributed by atoms with Crippen LogP contribution in [0.5, 0.6) is 11.5 Å². The lowest BCUT2D eigenvalue weighted by atomic mass is 10.1. The van der Waals surface area contributed by atoms with Crippen LogP contribution in [0, 0.1) is 20.8 Å². The van der Waals surface area contributed by atoms with E-state index in [0.717, 1.165) is 22.6 Å². The van der Waals surface area contributed by atoms with Crippen LogP contribution < -0.4 is 14.8 Å². The average molecular weight is 327 g/mol. The third-order valence-corrected chi connectivity index (χ3v) is 3.68. The van der Waals surface area contributed by atoms with Gasteiger partial charge in [-0.1, -0.05) is 35.9 Å². The molecular formula is C20H25NO3. The highest BCUT2D eigenvalue weighted by molar-refractivity contribution is 5.77. The molecule has 0 heterocycles. The first-order valence-corrected chi connectivity index (χ1v) is 8.13. The number of hydrogen-bond donors (Lipinski definition) is 1. The lowest BCUT2D eigenvalue weighted by molar-refractivity contribution is -0.123. The minimum absolute atomic E-state index is 0.00138.